The second-order valence-corrected chi connectivity index (χ2v) is 12.1. The van der Waals surface area contributed by atoms with Crippen LogP contribution >= 0.6 is 0 Å². The van der Waals surface area contributed by atoms with Crippen molar-refractivity contribution in [3.8, 4) is 11.1 Å². The summed E-state index contributed by atoms with van der Waals surface area (Å²) in [7, 11) is 0. The van der Waals surface area contributed by atoms with Crippen LogP contribution in [0.15, 0.2) is 139 Å². The molecule has 3 unspecified atom stereocenters. The molecule has 0 amide bonds. The van der Waals surface area contributed by atoms with E-state index in [9.17, 15) is 0 Å². The first kappa shape index (κ1) is 25.9. The molecule has 2 heteroatoms. The van der Waals surface area contributed by atoms with Crippen LogP contribution in [0.4, 0.5) is 0 Å². The van der Waals surface area contributed by atoms with Crippen LogP contribution in [-0.2, 0) is 6.42 Å². The Kier molecular flexibility index (Phi) is 6.48. The second kappa shape index (κ2) is 10.8. The van der Waals surface area contributed by atoms with E-state index in [0.29, 0.717) is 17.8 Å². The predicted molar refractivity (Wildman–Crippen MR) is 178 cm³/mol. The number of fused-ring (bicyclic) bond motifs is 3. The smallest absolute Gasteiger partial charge is 0.0667 e. The largest absolute Gasteiger partial charge is 0.265 e. The normalized spacial score (nSPS) is 22.2. The highest BCUT2D eigenvalue weighted by atomic mass is 14.7. The summed E-state index contributed by atoms with van der Waals surface area (Å²) in [4.78, 5) is 8.97. The summed E-state index contributed by atoms with van der Waals surface area (Å²) in [6.07, 6.45) is 25.4. The summed E-state index contributed by atoms with van der Waals surface area (Å²) < 4.78 is 0. The summed E-state index contributed by atoms with van der Waals surface area (Å²) >= 11 is 0. The average Bonchev–Trinajstić information content (AvgIpc) is 3.07. The van der Waals surface area contributed by atoms with E-state index in [-0.39, 0.29) is 0 Å². The van der Waals surface area contributed by atoms with Crippen molar-refractivity contribution < 1.29 is 0 Å². The maximum absolute atomic E-state index is 4.79. The average molecular weight is 555 g/mol. The molecule has 208 valence electrons. The molecule has 2 heterocycles. The first-order chi connectivity index (χ1) is 21.2. The van der Waals surface area contributed by atoms with E-state index >= 15 is 0 Å². The number of nitrogens with zero attached hydrogens (tertiary/aromatic N) is 2. The van der Waals surface area contributed by atoms with Gasteiger partial charge in [-0.2, -0.15) is 0 Å². The van der Waals surface area contributed by atoms with Crippen molar-refractivity contribution in [2.45, 2.75) is 26.2 Å². The van der Waals surface area contributed by atoms with Gasteiger partial charge in [-0.15, -0.1) is 0 Å². The maximum Gasteiger partial charge on any atom is 0.0667 e. The highest BCUT2D eigenvalue weighted by Gasteiger charge is 2.35. The molecule has 4 aliphatic carbocycles. The van der Waals surface area contributed by atoms with Gasteiger partial charge in [0.2, 0.25) is 0 Å². The fraction of sp³-hybridized carbons (Fsp3) is 0.171. The minimum Gasteiger partial charge on any atom is -0.265 e. The van der Waals surface area contributed by atoms with Gasteiger partial charge in [-0.3, -0.25) is 9.97 Å². The van der Waals surface area contributed by atoms with E-state index in [1.165, 1.54) is 60.6 Å². The van der Waals surface area contributed by atoms with Crippen molar-refractivity contribution in [3.05, 3.63) is 166 Å². The third-order valence-corrected chi connectivity index (χ3v) is 9.64. The summed E-state index contributed by atoms with van der Waals surface area (Å²) in [5.41, 5.74) is 13.5. The molecule has 8 rings (SSSR count). The monoisotopic (exact) mass is 554 g/mol. The van der Waals surface area contributed by atoms with Crippen LogP contribution in [0.2, 0.25) is 0 Å². The fourth-order valence-electron chi connectivity index (χ4n) is 7.59. The van der Waals surface area contributed by atoms with Crippen molar-refractivity contribution in [2.24, 2.45) is 17.8 Å². The molecule has 2 aromatic heterocycles. The molecule has 0 saturated carbocycles. The van der Waals surface area contributed by atoms with E-state index < -0.39 is 0 Å². The lowest BCUT2D eigenvalue weighted by Crippen LogP contribution is -2.41. The molecule has 2 nitrogen and oxygen atoms in total. The van der Waals surface area contributed by atoms with Crippen molar-refractivity contribution in [1.29, 1.82) is 0 Å². The van der Waals surface area contributed by atoms with Crippen LogP contribution in [0, 0.1) is 17.8 Å². The van der Waals surface area contributed by atoms with Crippen molar-refractivity contribution in [1.82, 2.24) is 9.97 Å². The molecule has 4 aliphatic rings. The van der Waals surface area contributed by atoms with Gasteiger partial charge in [-0.25, -0.2) is 0 Å². The number of aryl methyl sites for hydroxylation is 1. The highest BCUT2D eigenvalue weighted by Crippen LogP contribution is 2.46. The third-order valence-electron chi connectivity index (χ3n) is 9.64. The lowest BCUT2D eigenvalue weighted by molar-refractivity contribution is 0.644. The third kappa shape index (κ3) is 4.58. The Morgan fingerprint density at radius 3 is 2.21 bits per heavy atom. The first-order valence-corrected chi connectivity index (χ1v) is 15.5. The molecule has 0 aliphatic heterocycles. The molecule has 0 N–H and O–H groups in total. The Morgan fingerprint density at radius 2 is 1.40 bits per heavy atom. The quantitative estimate of drug-likeness (QED) is 0.256. The first-order valence-electron chi connectivity index (χ1n) is 15.5. The summed E-state index contributed by atoms with van der Waals surface area (Å²) in [5, 5.41) is 2.80. The molecule has 0 bridgehead atoms. The topological polar surface area (TPSA) is 25.8 Å². The maximum atomic E-state index is 4.79. The van der Waals surface area contributed by atoms with Gasteiger partial charge in [0.25, 0.3) is 0 Å². The Balaban J connectivity index is 1.27. The van der Waals surface area contributed by atoms with E-state index in [4.69, 9.17) is 4.98 Å². The lowest BCUT2D eigenvalue weighted by atomic mass is 9.66. The number of rotatable bonds is 4. The van der Waals surface area contributed by atoms with E-state index in [0.717, 1.165) is 25.0 Å². The second-order valence-electron chi connectivity index (χ2n) is 12.1. The zero-order valence-electron chi connectivity index (χ0n) is 24.4. The highest BCUT2D eigenvalue weighted by molar-refractivity contribution is 5.86. The van der Waals surface area contributed by atoms with E-state index in [1.54, 1.807) is 0 Å². The van der Waals surface area contributed by atoms with E-state index in [2.05, 4.69) is 127 Å². The Labute approximate surface area is 253 Å². The number of hydrogen-bond donors (Lipinski definition) is 0. The summed E-state index contributed by atoms with van der Waals surface area (Å²) in [5.74, 6) is 1.05. The van der Waals surface area contributed by atoms with Gasteiger partial charge in [-0.1, -0.05) is 98.0 Å². The lowest BCUT2D eigenvalue weighted by Gasteiger charge is -2.37. The predicted octanol–water partition coefficient (Wildman–Crippen LogP) is 7.90. The standard InChI is InChI=1S/C41H34N2/c1-27-24-32(39-26-31(20-23-43-39)29-18-21-42-22-19-29)16-17-34(27)41-37-12-6-4-10-35(37)40(36-11-5-7-13-38(36)41)33-15-14-28-8-2-3-9-30(28)25-33/h2-13,16-23,25-27,35,37H,14-15,24H2,1H3. The number of allylic oxidation sites excluding steroid dienone is 9. The Hall–Kier alpha value is -4.82. The van der Waals surface area contributed by atoms with Gasteiger partial charge in [0, 0.05) is 30.4 Å². The van der Waals surface area contributed by atoms with Crippen molar-refractivity contribution >= 4 is 22.8 Å². The van der Waals surface area contributed by atoms with Crippen molar-refractivity contribution in [2.75, 3.05) is 0 Å². The van der Waals surface area contributed by atoms with Crippen LogP contribution in [0.5, 0.6) is 0 Å². The van der Waals surface area contributed by atoms with Crippen LogP contribution in [0.3, 0.4) is 0 Å². The molecule has 0 saturated heterocycles. The molecule has 43 heavy (non-hydrogen) atoms. The molecule has 0 fully saturated rings. The minimum atomic E-state index is 0.324. The molecule has 3 atom stereocenters. The number of benzene rings is 2. The van der Waals surface area contributed by atoms with Gasteiger partial charge >= 0.3 is 0 Å². The fourth-order valence-corrected chi connectivity index (χ4v) is 7.59. The molecule has 2 aromatic carbocycles. The van der Waals surface area contributed by atoms with E-state index in [1.807, 2.05) is 18.6 Å². The van der Waals surface area contributed by atoms with Gasteiger partial charge in [0.05, 0.1) is 5.69 Å². The zero-order chi connectivity index (χ0) is 28.8. The van der Waals surface area contributed by atoms with Crippen LogP contribution in [-0.4, -0.2) is 9.97 Å². The minimum absolute atomic E-state index is 0.324. The van der Waals surface area contributed by atoms with Crippen LogP contribution < -0.4 is 10.4 Å². The van der Waals surface area contributed by atoms with Gasteiger partial charge in [0.1, 0.15) is 0 Å². The number of pyridine rings is 2. The molecule has 0 spiro atoms. The molecule has 4 aromatic rings. The Morgan fingerprint density at radius 1 is 0.674 bits per heavy atom. The SMILES string of the molecule is CC1CC(c2cc(-c3ccncc3)ccn2)=CC=C1C1=c2ccccc2=C(C2=Cc3ccccc3CC2)C2C=CC=CC12. The van der Waals surface area contributed by atoms with Crippen molar-refractivity contribution in [3.63, 3.8) is 0 Å². The van der Waals surface area contributed by atoms with Crippen LogP contribution in [0.25, 0.3) is 33.9 Å². The Bertz CT molecular complexity index is 2020. The van der Waals surface area contributed by atoms with Crippen LogP contribution in [0.1, 0.15) is 36.6 Å². The molecular formula is C41H34N2. The number of hydrogen-bond acceptors (Lipinski definition) is 2. The summed E-state index contributed by atoms with van der Waals surface area (Å²) in [6.45, 7) is 2.39. The van der Waals surface area contributed by atoms with Gasteiger partial charge in [-0.05, 0) is 110 Å². The molecular weight excluding hydrogens is 520 g/mol. The zero-order valence-corrected chi connectivity index (χ0v) is 24.4. The van der Waals surface area contributed by atoms with Gasteiger partial charge < -0.3 is 0 Å². The molecule has 0 radical (unpaired) electrons. The summed E-state index contributed by atoms with van der Waals surface area (Å²) in [6, 6.07) is 26.5. The number of aromatic nitrogens is 2. The van der Waals surface area contributed by atoms with Gasteiger partial charge in [0.15, 0.2) is 0 Å².